The second kappa shape index (κ2) is 9.76. The maximum Gasteiger partial charge on any atom is 0.410 e. The molecule has 2 aromatic heterocycles. The summed E-state index contributed by atoms with van der Waals surface area (Å²) in [6.45, 7) is 4.27. The number of nitrogens with zero attached hydrogens (tertiary/aromatic N) is 6. The number of fused-ring (bicyclic) bond motifs is 3. The predicted octanol–water partition coefficient (Wildman–Crippen LogP) is 5.17. The van der Waals surface area contributed by atoms with E-state index in [1.54, 1.807) is 0 Å². The van der Waals surface area contributed by atoms with Crippen molar-refractivity contribution in [1.82, 2.24) is 24.5 Å². The smallest absolute Gasteiger partial charge is 0.410 e. The summed E-state index contributed by atoms with van der Waals surface area (Å²) in [5.41, 5.74) is 2.77. The van der Waals surface area contributed by atoms with Crippen molar-refractivity contribution >= 4 is 28.6 Å². The third kappa shape index (κ3) is 4.25. The molecule has 1 amide bonds. The maximum absolute atomic E-state index is 12.9. The molecule has 2 fully saturated rings. The number of carbonyl (C=O) groups excluding carboxylic acids is 1. The number of benzene rings is 2. The van der Waals surface area contributed by atoms with Gasteiger partial charge in [-0.2, -0.15) is 0 Å². The fourth-order valence-corrected chi connectivity index (χ4v) is 5.64. The lowest BCUT2D eigenvalue weighted by atomic mass is 9.89. The molecule has 6 rings (SSSR count). The fraction of sp³-hybridized carbons (Fsp3) is 0.429. The normalized spacial score (nSPS) is 19.2. The van der Waals surface area contributed by atoms with Crippen molar-refractivity contribution in [2.75, 3.05) is 24.5 Å². The van der Waals surface area contributed by atoms with Crippen LogP contribution in [0, 0.1) is 0 Å². The van der Waals surface area contributed by atoms with Gasteiger partial charge in [-0.3, -0.25) is 0 Å². The van der Waals surface area contributed by atoms with Crippen LogP contribution in [0.15, 0.2) is 54.6 Å². The van der Waals surface area contributed by atoms with Crippen molar-refractivity contribution in [3.63, 3.8) is 0 Å². The van der Waals surface area contributed by atoms with Crippen molar-refractivity contribution in [2.45, 2.75) is 57.6 Å². The van der Waals surface area contributed by atoms with Gasteiger partial charge in [-0.15, -0.1) is 10.2 Å². The quantitative estimate of drug-likeness (QED) is 0.398. The largest absolute Gasteiger partial charge is 0.445 e. The van der Waals surface area contributed by atoms with Crippen LogP contribution in [0.25, 0.3) is 16.6 Å². The highest BCUT2D eigenvalue weighted by atomic mass is 16.6. The molecule has 0 bridgehead atoms. The topological polar surface area (TPSA) is 75.9 Å². The van der Waals surface area contributed by atoms with Gasteiger partial charge < -0.3 is 14.5 Å². The Morgan fingerprint density at radius 1 is 0.972 bits per heavy atom. The van der Waals surface area contributed by atoms with E-state index >= 15 is 0 Å². The van der Waals surface area contributed by atoms with Crippen LogP contribution >= 0.6 is 0 Å². The third-order valence-corrected chi connectivity index (χ3v) is 7.57. The Morgan fingerprint density at radius 3 is 2.56 bits per heavy atom. The number of hydrogen-bond donors (Lipinski definition) is 0. The highest BCUT2D eigenvalue weighted by Gasteiger charge is 2.32. The van der Waals surface area contributed by atoms with E-state index in [-0.39, 0.29) is 18.7 Å². The van der Waals surface area contributed by atoms with Crippen molar-refractivity contribution in [1.29, 1.82) is 0 Å². The molecule has 4 aromatic rings. The highest BCUT2D eigenvalue weighted by Crippen LogP contribution is 2.35. The van der Waals surface area contributed by atoms with Gasteiger partial charge in [-0.05, 0) is 37.5 Å². The lowest BCUT2D eigenvalue weighted by molar-refractivity contribution is 0.0793. The van der Waals surface area contributed by atoms with Crippen molar-refractivity contribution < 1.29 is 9.53 Å². The second-order valence-electron chi connectivity index (χ2n) is 10.0. The van der Waals surface area contributed by atoms with Crippen LogP contribution in [0.4, 0.5) is 10.7 Å². The molecule has 8 heteroatoms. The van der Waals surface area contributed by atoms with Crippen LogP contribution < -0.4 is 4.90 Å². The first-order valence-electron chi connectivity index (χ1n) is 13.0. The molecule has 2 aliphatic rings. The number of aromatic nitrogens is 4. The Hall–Kier alpha value is -3.68. The van der Waals surface area contributed by atoms with E-state index < -0.39 is 0 Å². The van der Waals surface area contributed by atoms with Gasteiger partial charge in [-0.25, -0.2) is 14.2 Å². The molecule has 1 saturated carbocycles. The van der Waals surface area contributed by atoms with Crippen molar-refractivity contribution in [3.8, 4) is 0 Å². The minimum atomic E-state index is -0.269. The van der Waals surface area contributed by atoms with Gasteiger partial charge in [0.05, 0.1) is 5.52 Å². The van der Waals surface area contributed by atoms with E-state index in [9.17, 15) is 4.79 Å². The molecule has 1 aliphatic carbocycles. The van der Waals surface area contributed by atoms with Gasteiger partial charge in [0.15, 0.2) is 5.65 Å². The van der Waals surface area contributed by atoms with E-state index in [1.807, 2.05) is 53.4 Å². The molecular weight excluding hydrogens is 452 g/mol. The van der Waals surface area contributed by atoms with Crippen LogP contribution in [0.3, 0.4) is 0 Å². The maximum atomic E-state index is 12.9. The summed E-state index contributed by atoms with van der Waals surface area (Å²) in [5.74, 6) is 2.30. The summed E-state index contributed by atoms with van der Waals surface area (Å²) in [6.07, 6.45) is 5.78. The summed E-state index contributed by atoms with van der Waals surface area (Å²) < 4.78 is 7.81. The summed E-state index contributed by atoms with van der Waals surface area (Å²) in [5, 5.41) is 10.4. The zero-order chi connectivity index (χ0) is 24.5. The first-order chi connectivity index (χ1) is 17.7. The Bertz CT molecular complexity index is 1360. The second-order valence-corrected chi connectivity index (χ2v) is 10.0. The number of piperazine rings is 1. The van der Waals surface area contributed by atoms with Gasteiger partial charge in [0, 0.05) is 37.0 Å². The molecule has 0 N–H and O–H groups in total. The van der Waals surface area contributed by atoms with E-state index in [2.05, 4.69) is 27.4 Å². The van der Waals surface area contributed by atoms with Gasteiger partial charge in [-0.1, -0.05) is 61.7 Å². The molecular formula is C28H32N6O2. The van der Waals surface area contributed by atoms with E-state index in [1.165, 1.54) is 19.3 Å². The SMILES string of the molecule is CC1CN(c2nc3ccccc3c3nnc(C4CCCCC4)n23)CCN1C(=O)OCc1ccccc1. The first-order valence-corrected chi connectivity index (χ1v) is 13.0. The molecule has 186 valence electrons. The van der Waals surface area contributed by atoms with Crippen molar-refractivity contribution in [2.24, 2.45) is 0 Å². The molecule has 0 spiro atoms. The molecule has 0 radical (unpaired) electrons. The average Bonchev–Trinajstić information content (AvgIpc) is 3.38. The minimum absolute atomic E-state index is 0.0139. The fourth-order valence-electron chi connectivity index (χ4n) is 5.64. The summed E-state index contributed by atoms with van der Waals surface area (Å²) in [6, 6.07) is 17.9. The van der Waals surface area contributed by atoms with Crippen LogP contribution in [0.5, 0.6) is 0 Å². The van der Waals surface area contributed by atoms with Crippen LogP contribution in [-0.2, 0) is 11.3 Å². The zero-order valence-corrected chi connectivity index (χ0v) is 20.7. The van der Waals surface area contributed by atoms with Crippen molar-refractivity contribution in [3.05, 3.63) is 66.0 Å². The summed E-state index contributed by atoms with van der Waals surface area (Å²) >= 11 is 0. The Morgan fingerprint density at radius 2 is 1.75 bits per heavy atom. The number of ether oxygens (including phenoxy) is 1. The summed E-state index contributed by atoms with van der Waals surface area (Å²) in [4.78, 5) is 22.1. The number of hydrogen-bond acceptors (Lipinski definition) is 6. The number of anilines is 1. The van der Waals surface area contributed by atoms with Gasteiger partial charge in [0.2, 0.25) is 5.95 Å². The highest BCUT2D eigenvalue weighted by molar-refractivity contribution is 5.92. The van der Waals surface area contributed by atoms with Crippen LogP contribution in [0.2, 0.25) is 0 Å². The molecule has 8 nitrogen and oxygen atoms in total. The molecule has 2 aromatic carbocycles. The van der Waals surface area contributed by atoms with Gasteiger partial charge in [0.1, 0.15) is 12.4 Å². The Labute approximate surface area is 210 Å². The molecule has 1 unspecified atom stereocenters. The third-order valence-electron chi connectivity index (χ3n) is 7.57. The first kappa shape index (κ1) is 22.8. The number of carbonyl (C=O) groups is 1. The Kier molecular flexibility index (Phi) is 6.17. The standard InChI is InChI=1S/C28H32N6O2/c1-20-18-32(16-17-33(20)28(35)36-19-21-10-4-2-5-11-21)27-29-24-15-9-8-14-23(24)26-31-30-25(34(26)27)22-12-6-3-7-13-22/h2,4-5,8-11,14-15,20,22H,3,6-7,12-13,16-19H2,1H3. The predicted molar refractivity (Wildman–Crippen MR) is 139 cm³/mol. The molecule has 1 saturated heterocycles. The lowest BCUT2D eigenvalue weighted by Crippen LogP contribution is -2.54. The van der Waals surface area contributed by atoms with Gasteiger partial charge >= 0.3 is 6.09 Å². The molecule has 1 atom stereocenters. The monoisotopic (exact) mass is 484 g/mol. The summed E-state index contributed by atoms with van der Waals surface area (Å²) in [7, 11) is 0. The molecule has 36 heavy (non-hydrogen) atoms. The van der Waals surface area contributed by atoms with Crippen LogP contribution in [0.1, 0.15) is 56.3 Å². The van der Waals surface area contributed by atoms with E-state index in [0.717, 1.165) is 46.7 Å². The van der Waals surface area contributed by atoms with E-state index in [0.29, 0.717) is 25.6 Å². The minimum Gasteiger partial charge on any atom is -0.445 e. The van der Waals surface area contributed by atoms with Crippen LogP contribution in [-0.4, -0.2) is 56.3 Å². The number of amides is 1. The lowest BCUT2D eigenvalue weighted by Gasteiger charge is -2.39. The van der Waals surface area contributed by atoms with Gasteiger partial charge in [0.25, 0.3) is 0 Å². The average molecular weight is 485 g/mol. The number of para-hydroxylation sites is 1. The number of rotatable bonds is 4. The Balaban J connectivity index is 1.28. The van der Waals surface area contributed by atoms with E-state index in [4.69, 9.17) is 14.8 Å². The molecule has 1 aliphatic heterocycles. The zero-order valence-electron chi connectivity index (χ0n) is 20.7. The molecule has 3 heterocycles.